The van der Waals surface area contributed by atoms with Crippen molar-refractivity contribution in [3.05, 3.63) is 35.9 Å². The molecule has 2 aliphatic heterocycles. The van der Waals surface area contributed by atoms with Gasteiger partial charge >= 0.3 is 12.2 Å². The van der Waals surface area contributed by atoms with Gasteiger partial charge in [-0.15, -0.1) is 0 Å². The van der Waals surface area contributed by atoms with Crippen molar-refractivity contribution in [1.29, 1.82) is 0 Å². The second-order valence-corrected chi connectivity index (χ2v) is 8.41. The molecular weight excluding hydrogens is 358 g/mol. The van der Waals surface area contributed by atoms with E-state index in [0.717, 1.165) is 18.5 Å². The van der Waals surface area contributed by atoms with Gasteiger partial charge in [-0.3, -0.25) is 0 Å². The Morgan fingerprint density at radius 3 is 2.50 bits per heavy atom. The molecule has 2 saturated heterocycles. The van der Waals surface area contributed by atoms with Gasteiger partial charge in [-0.05, 0) is 39.2 Å². The molecule has 28 heavy (non-hydrogen) atoms. The van der Waals surface area contributed by atoms with Crippen molar-refractivity contribution >= 4 is 12.2 Å². The number of fused-ring (bicyclic) bond motifs is 1. The zero-order valence-electron chi connectivity index (χ0n) is 17.0. The largest absolute Gasteiger partial charge is 0.445 e. The summed E-state index contributed by atoms with van der Waals surface area (Å²) in [5.41, 5.74) is 0.451. The number of hydrogen-bond donors (Lipinski definition) is 1. The number of piperazine rings is 1. The fraction of sp³-hybridized carbons (Fsp3) is 0.619. The molecule has 2 heterocycles. The lowest BCUT2D eigenvalue weighted by molar-refractivity contribution is 0.00517. The van der Waals surface area contributed by atoms with Gasteiger partial charge in [0.15, 0.2) is 0 Å². The average Bonchev–Trinajstić information content (AvgIpc) is 2.88. The van der Waals surface area contributed by atoms with Crippen LogP contribution in [0.1, 0.15) is 39.2 Å². The fourth-order valence-corrected chi connectivity index (χ4v) is 3.78. The van der Waals surface area contributed by atoms with Crippen LogP contribution < -0.4 is 5.32 Å². The van der Waals surface area contributed by atoms with E-state index in [9.17, 15) is 9.59 Å². The third-order valence-electron chi connectivity index (χ3n) is 5.12. The van der Waals surface area contributed by atoms with Gasteiger partial charge in [-0.1, -0.05) is 30.3 Å². The van der Waals surface area contributed by atoms with Crippen molar-refractivity contribution < 1.29 is 19.1 Å². The average molecular weight is 389 g/mol. The van der Waals surface area contributed by atoms with Gasteiger partial charge in [-0.2, -0.15) is 0 Å². The van der Waals surface area contributed by atoms with Crippen molar-refractivity contribution in [2.24, 2.45) is 0 Å². The lowest BCUT2D eigenvalue weighted by atomic mass is 9.99. The third kappa shape index (κ3) is 5.38. The first kappa shape index (κ1) is 20.5. The Morgan fingerprint density at radius 2 is 1.79 bits per heavy atom. The number of nitrogens with zero attached hydrogens (tertiary/aromatic N) is 2. The quantitative estimate of drug-likeness (QED) is 0.842. The van der Waals surface area contributed by atoms with Crippen molar-refractivity contribution in [3.63, 3.8) is 0 Å². The summed E-state index contributed by atoms with van der Waals surface area (Å²) in [6, 6.07) is 9.85. The van der Waals surface area contributed by atoms with E-state index >= 15 is 0 Å². The van der Waals surface area contributed by atoms with Gasteiger partial charge in [0.1, 0.15) is 12.2 Å². The summed E-state index contributed by atoms with van der Waals surface area (Å²) in [5.74, 6) is 0. The van der Waals surface area contributed by atoms with Crippen LogP contribution in [0.5, 0.6) is 0 Å². The molecule has 2 fully saturated rings. The predicted molar refractivity (Wildman–Crippen MR) is 106 cm³/mol. The molecule has 2 amide bonds. The number of hydrogen-bond acceptors (Lipinski definition) is 5. The summed E-state index contributed by atoms with van der Waals surface area (Å²) in [6.07, 6.45) is 0.914. The van der Waals surface area contributed by atoms with Crippen LogP contribution >= 0.6 is 0 Å². The van der Waals surface area contributed by atoms with Crippen LogP contribution in [-0.4, -0.2) is 65.9 Å². The molecule has 7 heteroatoms. The Labute approximate surface area is 167 Å². The number of rotatable bonds is 2. The van der Waals surface area contributed by atoms with Crippen LogP contribution in [-0.2, 0) is 16.1 Å². The van der Waals surface area contributed by atoms with Crippen LogP contribution in [0.25, 0.3) is 0 Å². The van der Waals surface area contributed by atoms with Gasteiger partial charge in [0.25, 0.3) is 0 Å². The Morgan fingerprint density at radius 1 is 1.07 bits per heavy atom. The molecule has 3 rings (SSSR count). The molecule has 0 aromatic heterocycles. The topological polar surface area (TPSA) is 71.1 Å². The molecule has 2 aliphatic rings. The summed E-state index contributed by atoms with van der Waals surface area (Å²) in [7, 11) is 0. The number of carbonyl (C=O) groups is 2. The molecule has 0 radical (unpaired) electrons. The molecule has 7 nitrogen and oxygen atoms in total. The van der Waals surface area contributed by atoms with Gasteiger partial charge in [0.2, 0.25) is 0 Å². The van der Waals surface area contributed by atoms with E-state index in [1.54, 1.807) is 4.90 Å². The third-order valence-corrected chi connectivity index (χ3v) is 5.12. The first-order valence-electron chi connectivity index (χ1n) is 10.0. The van der Waals surface area contributed by atoms with Crippen LogP contribution in [0.2, 0.25) is 0 Å². The van der Waals surface area contributed by atoms with Gasteiger partial charge < -0.3 is 24.6 Å². The molecule has 0 saturated carbocycles. The maximum absolute atomic E-state index is 12.6. The molecule has 0 unspecified atom stereocenters. The zero-order chi connectivity index (χ0) is 20.1. The molecule has 1 aromatic carbocycles. The molecule has 1 N–H and O–H groups in total. The normalized spacial score (nSPS) is 22.8. The first-order valence-corrected chi connectivity index (χ1v) is 10.0. The zero-order valence-corrected chi connectivity index (χ0v) is 17.0. The molecule has 0 spiro atoms. The summed E-state index contributed by atoms with van der Waals surface area (Å²) >= 11 is 0. The van der Waals surface area contributed by atoms with Crippen molar-refractivity contribution in [2.45, 2.75) is 57.9 Å². The number of likely N-dealkylation sites (tertiary alicyclic amines) is 1. The molecule has 0 aliphatic carbocycles. The van der Waals surface area contributed by atoms with Crippen molar-refractivity contribution in [2.75, 3.05) is 26.2 Å². The minimum atomic E-state index is -0.518. The second kappa shape index (κ2) is 8.82. The predicted octanol–water partition coefficient (Wildman–Crippen LogP) is 3.00. The Bertz CT molecular complexity index is 674. The maximum Gasteiger partial charge on any atom is 0.410 e. The molecule has 154 valence electrons. The van der Waals surface area contributed by atoms with Crippen LogP contribution in [0.3, 0.4) is 0 Å². The van der Waals surface area contributed by atoms with Crippen molar-refractivity contribution in [3.8, 4) is 0 Å². The number of benzene rings is 1. The summed E-state index contributed by atoms with van der Waals surface area (Å²) < 4.78 is 11.1. The summed E-state index contributed by atoms with van der Waals surface area (Å²) in [5, 5.41) is 3.50. The maximum atomic E-state index is 12.6. The number of nitrogens with one attached hydrogen (secondary N) is 1. The van der Waals surface area contributed by atoms with E-state index in [-0.39, 0.29) is 30.9 Å². The Kier molecular flexibility index (Phi) is 6.44. The lowest BCUT2D eigenvalue weighted by Crippen LogP contribution is -2.60. The van der Waals surface area contributed by atoms with E-state index in [4.69, 9.17) is 9.47 Å². The number of carbonyl (C=O) groups excluding carboxylic acids is 2. The van der Waals surface area contributed by atoms with Gasteiger partial charge in [-0.25, -0.2) is 9.59 Å². The minimum Gasteiger partial charge on any atom is -0.445 e. The van der Waals surface area contributed by atoms with Gasteiger partial charge in [0.05, 0.1) is 6.04 Å². The lowest BCUT2D eigenvalue weighted by Gasteiger charge is -2.41. The summed E-state index contributed by atoms with van der Waals surface area (Å²) in [6.45, 7) is 8.44. The molecule has 0 bridgehead atoms. The highest BCUT2D eigenvalue weighted by Gasteiger charge is 2.38. The Balaban J connectivity index is 1.58. The van der Waals surface area contributed by atoms with Crippen LogP contribution in [0.15, 0.2) is 30.3 Å². The summed E-state index contributed by atoms with van der Waals surface area (Å²) in [4.78, 5) is 28.7. The number of amides is 2. The monoisotopic (exact) mass is 389 g/mol. The van der Waals surface area contributed by atoms with Crippen LogP contribution in [0.4, 0.5) is 9.59 Å². The molecular formula is C21H31N3O4. The standard InChI is InChI=1S/C21H31N3O4/c1-21(2,3)28-20(26)24-14-11-22-17-9-12-23(13-10-18(17)24)19(25)27-15-16-7-5-4-6-8-16/h4-8,17-18,22H,9-15H2,1-3H3/t17-,18+/m0/s1. The highest BCUT2D eigenvalue weighted by Crippen LogP contribution is 2.23. The van der Waals surface area contributed by atoms with Crippen molar-refractivity contribution in [1.82, 2.24) is 15.1 Å². The second-order valence-electron chi connectivity index (χ2n) is 8.41. The first-order chi connectivity index (χ1) is 13.3. The Hall–Kier alpha value is -2.28. The van der Waals surface area contributed by atoms with Crippen LogP contribution in [0, 0.1) is 0 Å². The molecule has 2 atom stereocenters. The SMILES string of the molecule is CC(C)(C)OC(=O)N1CCN[C@H]2CCN(C(=O)OCc3ccccc3)CC[C@H]21. The highest BCUT2D eigenvalue weighted by molar-refractivity contribution is 5.69. The molecule has 1 aromatic rings. The highest BCUT2D eigenvalue weighted by atomic mass is 16.6. The van der Waals surface area contributed by atoms with E-state index in [1.165, 1.54) is 0 Å². The van der Waals surface area contributed by atoms with E-state index in [2.05, 4.69) is 5.32 Å². The van der Waals surface area contributed by atoms with E-state index in [0.29, 0.717) is 26.1 Å². The van der Waals surface area contributed by atoms with Gasteiger partial charge in [0, 0.05) is 32.2 Å². The smallest absolute Gasteiger partial charge is 0.410 e. The van der Waals surface area contributed by atoms with E-state index < -0.39 is 5.60 Å². The fourth-order valence-electron chi connectivity index (χ4n) is 3.78. The van der Waals surface area contributed by atoms with E-state index in [1.807, 2.05) is 56.0 Å². The minimum absolute atomic E-state index is 0.0236. The number of ether oxygens (including phenoxy) is 2.